The van der Waals surface area contributed by atoms with Gasteiger partial charge in [-0.15, -0.1) is 24.0 Å². The molecular weight excluding hydrogens is 381 g/mol. The molecule has 0 radical (unpaired) electrons. The van der Waals surface area contributed by atoms with Crippen LogP contribution < -0.4 is 10.6 Å². The van der Waals surface area contributed by atoms with E-state index in [0.717, 1.165) is 18.3 Å². The lowest BCUT2D eigenvalue weighted by molar-refractivity contribution is 0.179. The minimum Gasteiger partial charge on any atom is -0.383 e. The van der Waals surface area contributed by atoms with Crippen LogP contribution in [0.25, 0.3) is 0 Å². The van der Waals surface area contributed by atoms with Crippen molar-refractivity contribution >= 4 is 29.9 Å². The largest absolute Gasteiger partial charge is 0.383 e. The van der Waals surface area contributed by atoms with Gasteiger partial charge in [-0.2, -0.15) is 0 Å². The number of guanidine groups is 1. The van der Waals surface area contributed by atoms with Gasteiger partial charge in [-0.05, 0) is 12.8 Å². The molecule has 0 amide bonds. The van der Waals surface area contributed by atoms with E-state index < -0.39 is 0 Å². The van der Waals surface area contributed by atoms with Crippen LogP contribution in [0.3, 0.4) is 0 Å². The van der Waals surface area contributed by atoms with Crippen LogP contribution in [0.5, 0.6) is 0 Å². The highest BCUT2D eigenvalue weighted by molar-refractivity contribution is 14.0. The Kier molecular flexibility index (Phi) is 10.4. The summed E-state index contributed by atoms with van der Waals surface area (Å²) in [6.07, 6.45) is 3.85. The minimum atomic E-state index is 0. The first-order valence-corrected chi connectivity index (χ1v) is 7.03. The summed E-state index contributed by atoms with van der Waals surface area (Å²) in [5.41, 5.74) is 0. The second-order valence-corrected chi connectivity index (χ2v) is 5.32. The van der Waals surface area contributed by atoms with Crippen LogP contribution in [-0.2, 0) is 17.8 Å². The van der Waals surface area contributed by atoms with Crippen LogP contribution in [0.2, 0.25) is 0 Å². The number of halogens is 1. The van der Waals surface area contributed by atoms with Gasteiger partial charge < -0.3 is 19.9 Å². The van der Waals surface area contributed by atoms with Crippen molar-refractivity contribution in [3.8, 4) is 0 Å². The first-order chi connectivity index (χ1) is 9.56. The van der Waals surface area contributed by atoms with E-state index in [1.54, 1.807) is 14.2 Å². The number of rotatable bonds is 7. The summed E-state index contributed by atoms with van der Waals surface area (Å²) < 4.78 is 7.27. The number of hydrogen-bond acceptors (Lipinski definition) is 3. The maximum atomic E-state index is 5.10. The van der Waals surface area contributed by atoms with E-state index in [4.69, 9.17) is 4.74 Å². The summed E-state index contributed by atoms with van der Waals surface area (Å²) in [5, 5.41) is 6.54. The van der Waals surface area contributed by atoms with E-state index in [1.807, 2.05) is 12.4 Å². The average Bonchev–Trinajstić information content (AvgIpc) is 2.81. The Hall–Kier alpha value is -0.830. The zero-order valence-electron chi connectivity index (χ0n) is 13.6. The normalized spacial score (nSPS) is 13.0. The molecule has 1 rings (SSSR count). The van der Waals surface area contributed by atoms with Gasteiger partial charge in [-0.25, -0.2) is 4.98 Å². The van der Waals surface area contributed by atoms with Gasteiger partial charge in [0.05, 0.1) is 13.2 Å². The number of hydrogen-bond donors (Lipinski definition) is 2. The zero-order chi connectivity index (χ0) is 15.0. The number of ether oxygens (including phenoxy) is 1. The smallest absolute Gasteiger partial charge is 0.191 e. The number of imidazole rings is 1. The first-order valence-electron chi connectivity index (χ1n) is 7.03. The maximum absolute atomic E-state index is 5.10. The summed E-state index contributed by atoms with van der Waals surface area (Å²) >= 11 is 0. The molecule has 0 fully saturated rings. The molecule has 0 aliphatic carbocycles. The van der Waals surface area contributed by atoms with Crippen LogP contribution >= 0.6 is 24.0 Å². The van der Waals surface area contributed by atoms with Crippen molar-refractivity contribution in [1.29, 1.82) is 0 Å². The molecule has 0 bridgehead atoms. The molecule has 7 heteroatoms. The van der Waals surface area contributed by atoms with Gasteiger partial charge in [-0.1, -0.05) is 13.8 Å². The van der Waals surface area contributed by atoms with Crippen LogP contribution in [0.15, 0.2) is 17.4 Å². The summed E-state index contributed by atoms with van der Waals surface area (Å²) in [7, 11) is 3.45. The molecule has 122 valence electrons. The minimum absolute atomic E-state index is 0. The van der Waals surface area contributed by atoms with Crippen molar-refractivity contribution in [3.05, 3.63) is 18.2 Å². The molecule has 0 aromatic carbocycles. The van der Waals surface area contributed by atoms with Crippen molar-refractivity contribution in [3.63, 3.8) is 0 Å². The predicted molar refractivity (Wildman–Crippen MR) is 97.2 cm³/mol. The van der Waals surface area contributed by atoms with E-state index in [-0.39, 0.29) is 30.0 Å². The van der Waals surface area contributed by atoms with Crippen LogP contribution in [0, 0.1) is 5.92 Å². The third-order valence-corrected chi connectivity index (χ3v) is 2.80. The van der Waals surface area contributed by atoms with Gasteiger partial charge in [0.2, 0.25) is 0 Å². The molecule has 1 atom stereocenters. The van der Waals surface area contributed by atoms with Crippen LogP contribution in [-0.4, -0.2) is 42.3 Å². The second kappa shape index (κ2) is 10.8. The monoisotopic (exact) mass is 409 g/mol. The number of nitrogens with zero attached hydrogens (tertiary/aromatic N) is 3. The fourth-order valence-corrected chi connectivity index (χ4v) is 1.95. The summed E-state index contributed by atoms with van der Waals surface area (Å²) in [5.74, 6) is 2.37. The van der Waals surface area contributed by atoms with Crippen molar-refractivity contribution in [2.75, 3.05) is 20.8 Å². The fraction of sp³-hybridized carbons (Fsp3) is 0.714. The molecule has 1 aromatic rings. The van der Waals surface area contributed by atoms with E-state index in [1.165, 1.54) is 0 Å². The lowest BCUT2D eigenvalue weighted by Crippen LogP contribution is -2.43. The number of methoxy groups -OCH3 is 1. The van der Waals surface area contributed by atoms with Gasteiger partial charge in [-0.3, -0.25) is 4.99 Å². The van der Waals surface area contributed by atoms with E-state index in [0.29, 0.717) is 19.1 Å². The molecule has 1 aromatic heterocycles. The Bertz CT molecular complexity index is 419. The number of aromatic nitrogens is 2. The molecule has 0 spiro atoms. The molecule has 21 heavy (non-hydrogen) atoms. The highest BCUT2D eigenvalue weighted by Crippen LogP contribution is 2.03. The number of aliphatic imine (C=N–C) groups is 1. The van der Waals surface area contributed by atoms with Crippen LogP contribution in [0.1, 0.15) is 26.6 Å². The van der Waals surface area contributed by atoms with Crippen molar-refractivity contribution < 1.29 is 4.74 Å². The highest BCUT2D eigenvalue weighted by atomic mass is 127. The molecule has 1 heterocycles. The van der Waals surface area contributed by atoms with E-state index in [9.17, 15) is 0 Å². The predicted octanol–water partition coefficient (Wildman–Crippen LogP) is 1.86. The quantitative estimate of drug-likeness (QED) is 0.410. The summed E-state index contributed by atoms with van der Waals surface area (Å²) in [6.45, 7) is 8.72. The maximum Gasteiger partial charge on any atom is 0.191 e. The van der Waals surface area contributed by atoms with Crippen LogP contribution in [0.4, 0.5) is 0 Å². The standard InChI is InChI=1S/C14H27N5O.HI/c1-11(2)9-19-7-6-16-13(19)8-17-14(15-4)18-12(3)10-20-5;/h6-7,11-12H,8-10H2,1-5H3,(H2,15,17,18);1H. The fourth-order valence-electron chi connectivity index (χ4n) is 1.95. The Morgan fingerprint density at radius 2 is 2.14 bits per heavy atom. The van der Waals surface area contributed by atoms with Gasteiger partial charge in [0.25, 0.3) is 0 Å². The summed E-state index contributed by atoms with van der Waals surface area (Å²) in [6, 6.07) is 0.210. The van der Waals surface area contributed by atoms with E-state index >= 15 is 0 Å². The van der Waals surface area contributed by atoms with E-state index in [2.05, 4.69) is 45.9 Å². The van der Waals surface area contributed by atoms with Gasteiger partial charge in [0.1, 0.15) is 5.82 Å². The third-order valence-electron chi connectivity index (χ3n) is 2.80. The second-order valence-electron chi connectivity index (χ2n) is 5.32. The molecule has 0 saturated carbocycles. The zero-order valence-corrected chi connectivity index (χ0v) is 15.9. The van der Waals surface area contributed by atoms with Crippen molar-refractivity contribution in [1.82, 2.24) is 20.2 Å². The molecule has 6 nitrogen and oxygen atoms in total. The summed E-state index contributed by atoms with van der Waals surface area (Å²) in [4.78, 5) is 8.59. The Morgan fingerprint density at radius 1 is 1.43 bits per heavy atom. The van der Waals surface area contributed by atoms with Gasteiger partial charge in [0.15, 0.2) is 5.96 Å². The molecule has 0 aliphatic heterocycles. The third kappa shape index (κ3) is 7.66. The molecule has 2 N–H and O–H groups in total. The highest BCUT2D eigenvalue weighted by Gasteiger charge is 2.07. The Labute approximate surface area is 144 Å². The Morgan fingerprint density at radius 3 is 2.71 bits per heavy atom. The van der Waals surface area contributed by atoms with Crippen molar-refractivity contribution in [2.45, 2.75) is 39.9 Å². The lowest BCUT2D eigenvalue weighted by Gasteiger charge is -2.17. The Balaban J connectivity index is 0.00000400. The van der Waals surface area contributed by atoms with Gasteiger partial charge in [0, 0.05) is 39.1 Å². The lowest BCUT2D eigenvalue weighted by atomic mass is 10.2. The molecule has 0 aliphatic rings. The van der Waals surface area contributed by atoms with Crippen molar-refractivity contribution in [2.24, 2.45) is 10.9 Å². The average molecular weight is 409 g/mol. The first kappa shape index (κ1) is 20.2. The SMILES string of the molecule is CN=C(NCc1nccn1CC(C)C)NC(C)COC.I. The molecule has 1 unspecified atom stereocenters. The number of nitrogens with one attached hydrogen (secondary N) is 2. The topological polar surface area (TPSA) is 63.5 Å². The van der Waals surface area contributed by atoms with Gasteiger partial charge >= 0.3 is 0 Å². The molecule has 0 saturated heterocycles. The molecular formula is C14H28IN5O.